The summed E-state index contributed by atoms with van der Waals surface area (Å²) < 4.78 is 24.8. The Morgan fingerprint density at radius 3 is 2.31 bits per heavy atom. The van der Waals surface area contributed by atoms with E-state index in [2.05, 4.69) is 0 Å². The van der Waals surface area contributed by atoms with Crippen LogP contribution in [0.3, 0.4) is 0 Å². The van der Waals surface area contributed by atoms with Crippen molar-refractivity contribution in [2.45, 2.75) is 11.5 Å². The summed E-state index contributed by atoms with van der Waals surface area (Å²) in [6, 6.07) is 2.69. The summed E-state index contributed by atoms with van der Waals surface area (Å²) in [6.07, 6.45) is 0. The number of benzene rings is 1. The predicted octanol–water partition coefficient (Wildman–Crippen LogP) is 1.74. The number of nitrogens with zero attached hydrogens (tertiary/aromatic N) is 1. The summed E-state index contributed by atoms with van der Waals surface area (Å²) >= 11 is 11.6. The van der Waals surface area contributed by atoms with Crippen LogP contribution in [0.25, 0.3) is 0 Å². The molecule has 0 atom stereocenters. The molecule has 1 aromatic rings. The molecule has 0 radical (unpaired) electrons. The Balaban J connectivity index is 3.52. The van der Waals surface area contributed by atoms with Crippen molar-refractivity contribution < 1.29 is 13.5 Å². The van der Waals surface area contributed by atoms with Crippen molar-refractivity contribution in [2.75, 3.05) is 14.1 Å². The van der Waals surface area contributed by atoms with E-state index in [0.717, 1.165) is 4.31 Å². The SMILES string of the molecule is CN(C)S(=O)(=O)c1cc(Cl)cc(CO)c1Cl. The van der Waals surface area contributed by atoms with Crippen molar-refractivity contribution >= 4 is 33.2 Å². The van der Waals surface area contributed by atoms with E-state index in [-0.39, 0.29) is 27.1 Å². The van der Waals surface area contributed by atoms with Crippen LogP contribution in [-0.2, 0) is 16.6 Å². The van der Waals surface area contributed by atoms with Gasteiger partial charge < -0.3 is 5.11 Å². The summed E-state index contributed by atoms with van der Waals surface area (Å²) in [7, 11) is -0.869. The number of rotatable bonds is 3. The van der Waals surface area contributed by atoms with Gasteiger partial charge in [-0.2, -0.15) is 0 Å². The maximum atomic E-state index is 11.9. The average Bonchev–Trinajstić information content (AvgIpc) is 2.20. The van der Waals surface area contributed by atoms with E-state index in [9.17, 15) is 8.42 Å². The van der Waals surface area contributed by atoms with Gasteiger partial charge in [-0.15, -0.1) is 0 Å². The van der Waals surface area contributed by atoms with E-state index in [1.54, 1.807) is 0 Å². The van der Waals surface area contributed by atoms with E-state index in [1.165, 1.54) is 26.2 Å². The second kappa shape index (κ2) is 4.89. The summed E-state index contributed by atoms with van der Waals surface area (Å²) in [5.41, 5.74) is 0.287. The molecule has 0 aromatic heterocycles. The maximum Gasteiger partial charge on any atom is 0.244 e. The predicted molar refractivity (Wildman–Crippen MR) is 63.3 cm³/mol. The van der Waals surface area contributed by atoms with Crippen molar-refractivity contribution in [3.63, 3.8) is 0 Å². The Kier molecular flexibility index (Phi) is 4.20. The van der Waals surface area contributed by atoms with Crippen LogP contribution in [0.2, 0.25) is 10.0 Å². The first-order valence-electron chi connectivity index (χ1n) is 4.32. The molecule has 0 heterocycles. The minimum absolute atomic E-state index is 0.000556. The Morgan fingerprint density at radius 2 is 1.88 bits per heavy atom. The van der Waals surface area contributed by atoms with Gasteiger partial charge in [0.1, 0.15) is 4.90 Å². The zero-order valence-corrected chi connectivity index (χ0v) is 11.1. The molecule has 1 N–H and O–H groups in total. The second-order valence-corrected chi connectivity index (χ2v) is 6.26. The Morgan fingerprint density at radius 1 is 1.31 bits per heavy atom. The lowest BCUT2D eigenvalue weighted by Gasteiger charge is -2.14. The van der Waals surface area contributed by atoms with Crippen molar-refractivity contribution in [3.8, 4) is 0 Å². The monoisotopic (exact) mass is 283 g/mol. The van der Waals surface area contributed by atoms with Crippen LogP contribution in [0.5, 0.6) is 0 Å². The van der Waals surface area contributed by atoms with Crippen molar-refractivity contribution in [2.24, 2.45) is 0 Å². The van der Waals surface area contributed by atoms with Gasteiger partial charge in [0.2, 0.25) is 10.0 Å². The minimum Gasteiger partial charge on any atom is -0.392 e. The number of halogens is 2. The van der Waals surface area contributed by atoms with Crippen LogP contribution < -0.4 is 0 Å². The maximum absolute atomic E-state index is 11.9. The molecule has 0 amide bonds. The molecule has 0 aliphatic heterocycles. The summed E-state index contributed by atoms with van der Waals surface area (Å²) in [5.74, 6) is 0. The van der Waals surface area contributed by atoms with E-state index < -0.39 is 10.0 Å². The molecule has 0 aliphatic carbocycles. The fourth-order valence-electron chi connectivity index (χ4n) is 1.12. The van der Waals surface area contributed by atoms with Gasteiger partial charge in [0.05, 0.1) is 11.6 Å². The Labute approximate surface area is 104 Å². The van der Waals surface area contributed by atoms with Crippen molar-refractivity contribution in [1.29, 1.82) is 0 Å². The van der Waals surface area contributed by atoms with Gasteiger partial charge in [0.25, 0.3) is 0 Å². The molecule has 16 heavy (non-hydrogen) atoms. The van der Waals surface area contributed by atoms with Gasteiger partial charge in [-0.1, -0.05) is 23.2 Å². The fourth-order valence-corrected chi connectivity index (χ4v) is 2.91. The minimum atomic E-state index is -3.66. The van der Waals surface area contributed by atoms with Crippen LogP contribution >= 0.6 is 23.2 Å². The first kappa shape index (κ1) is 13.7. The highest BCUT2D eigenvalue weighted by Crippen LogP contribution is 2.30. The highest BCUT2D eigenvalue weighted by atomic mass is 35.5. The third-order valence-corrected chi connectivity index (χ3v) is 4.62. The number of hydrogen-bond donors (Lipinski definition) is 1. The molecule has 0 unspecified atom stereocenters. The van der Waals surface area contributed by atoms with Crippen LogP contribution in [0.1, 0.15) is 5.56 Å². The molecular weight excluding hydrogens is 273 g/mol. The lowest BCUT2D eigenvalue weighted by Crippen LogP contribution is -2.22. The molecule has 7 heteroatoms. The number of aliphatic hydroxyl groups is 1. The standard InChI is InChI=1S/C9H11Cl2NO3S/c1-12(2)16(14,15)8-4-7(10)3-6(5-13)9(8)11/h3-4,13H,5H2,1-2H3. The third-order valence-electron chi connectivity index (χ3n) is 2.01. The van der Waals surface area contributed by atoms with Gasteiger partial charge in [-0.3, -0.25) is 0 Å². The first-order valence-corrected chi connectivity index (χ1v) is 6.51. The fraction of sp³-hybridized carbons (Fsp3) is 0.333. The van der Waals surface area contributed by atoms with Crippen LogP contribution in [-0.4, -0.2) is 31.9 Å². The summed E-state index contributed by atoms with van der Waals surface area (Å²) in [6.45, 7) is -0.366. The highest BCUT2D eigenvalue weighted by Gasteiger charge is 2.23. The third kappa shape index (κ3) is 2.49. The van der Waals surface area contributed by atoms with Gasteiger partial charge in [-0.05, 0) is 17.7 Å². The first-order chi connectivity index (χ1) is 7.30. The summed E-state index contributed by atoms with van der Waals surface area (Å²) in [4.78, 5) is -0.101. The quantitative estimate of drug-likeness (QED) is 0.919. The smallest absolute Gasteiger partial charge is 0.244 e. The van der Waals surface area contributed by atoms with E-state index in [1.807, 2.05) is 0 Å². The van der Waals surface area contributed by atoms with E-state index in [0.29, 0.717) is 0 Å². The molecule has 1 aromatic carbocycles. The van der Waals surface area contributed by atoms with Gasteiger partial charge in [0, 0.05) is 19.1 Å². The van der Waals surface area contributed by atoms with Gasteiger partial charge in [-0.25, -0.2) is 12.7 Å². The molecule has 0 bridgehead atoms. The molecule has 0 spiro atoms. The summed E-state index contributed by atoms with van der Waals surface area (Å²) in [5, 5.41) is 9.24. The normalized spacial score (nSPS) is 12.1. The van der Waals surface area contributed by atoms with Gasteiger partial charge >= 0.3 is 0 Å². The van der Waals surface area contributed by atoms with Crippen LogP contribution in [0.15, 0.2) is 17.0 Å². The molecule has 90 valence electrons. The largest absolute Gasteiger partial charge is 0.392 e. The van der Waals surface area contributed by atoms with Crippen molar-refractivity contribution in [1.82, 2.24) is 4.31 Å². The molecule has 1 rings (SSSR count). The molecular formula is C9H11Cl2NO3S. The number of sulfonamides is 1. The number of aliphatic hydroxyl groups excluding tert-OH is 1. The lowest BCUT2D eigenvalue weighted by molar-refractivity contribution is 0.281. The number of hydrogen-bond acceptors (Lipinski definition) is 3. The van der Waals surface area contributed by atoms with Gasteiger partial charge in [0.15, 0.2) is 0 Å². The Bertz CT molecular complexity index is 500. The second-order valence-electron chi connectivity index (χ2n) is 3.32. The highest BCUT2D eigenvalue weighted by molar-refractivity contribution is 7.89. The van der Waals surface area contributed by atoms with Crippen molar-refractivity contribution in [3.05, 3.63) is 27.7 Å². The van der Waals surface area contributed by atoms with Crippen LogP contribution in [0.4, 0.5) is 0 Å². The topological polar surface area (TPSA) is 57.6 Å². The molecule has 4 nitrogen and oxygen atoms in total. The van der Waals surface area contributed by atoms with Crippen LogP contribution in [0, 0.1) is 0 Å². The zero-order chi connectivity index (χ0) is 12.5. The molecule has 0 aliphatic rings. The molecule has 0 saturated heterocycles. The van der Waals surface area contributed by atoms with E-state index in [4.69, 9.17) is 28.3 Å². The lowest BCUT2D eigenvalue weighted by atomic mass is 10.2. The average molecular weight is 284 g/mol. The molecule has 0 saturated carbocycles. The molecule has 0 fully saturated rings. The Hall–Kier alpha value is -0.330. The van der Waals surface area contributed by atoms with E-state index >= 15 is 0 Å². The zero-order valence-electron chi connectivity index (χ0n) is 8.74.